The lowest BCUT2D eigenvalue weighted by molar-refractivity contribution is -0.0886. The second kappa shape index (κ2) is 7.09. The zero-order valence-electron chi connectivity index (χ0n) is 13.0. The van der Waals surface area contributed by atoms with Crippen molar-refractivity contribution in [3.8, 4) is 0 Å². The van der Waals surface area contributed by atoms with Gasteiger partial charge in [-0.1, -0.05) is 40.5 Å². The van der Waals surface area contributed by atoms with Crippen LogP contribution in [-0.2, 0) is 19.4 Å². The summed E-state index contributed by atoms with van der Waals surface area (Å²) in [6.07, 6.45) is -2.30. The van der Waals surface area contributed by atoms with E-state index in [2.05, 4.69) is 5.10 Å². The van der Waals surface area contributed by atoms with Crippen LogP contribution in [0, 0.1) is 5.92 Å². The summed E-state index contributed by atoms with van der Waals surface area (Å²) < 4.78 is 40.0. The number of carbonyl (C=O) groups is 1. The molecule has 0 radical (unpaired) electrons. The third kappa shape index (κ3) is 3.86. The molecule has 0 aromatic carbocycles. The van der Waals surface area contributed by atoms with Gasteiger partial charge >= 0.3 is 6.18 Å². The van der Waals surface area contributed by atoms with E-state index in [1.54, 1.807) is 18.5 Å². The third-order valence-corrected chi connectivity index (χ3v) is 3.87. The first kappa shape index (κ1) is 17.7. The Kier molecular flexibility index (Phi) is 5.98. The zero-order valence-corrected chi connectivity index (χ0v) is 13.0. The van der Waals surface area contributed by atoms with E-state index in [9.17, 15) is 18.0 Å². The maximum absolute atomic E-state index is 12.8. The van der Waals surface area contributed by atoms with Crippen LogP contribution in [0.1, 0.15) is 62.3 Å². The molecule has 0 aliphatic rings. The summed E-state index contributed by atoms with van der Waals surface area (Å²) in [5, 5.41) is 4.27. The van der Waals surface area contributed by atoms with Crippen LogP contribution in [0.5, 0.6) is 0 Å². The van der Waals surface area contributed by atoms with Crippen LogP contribution in [0.15, 0.2) is 0 Å². The largest absolute Gasteiger partial charge is 0.455 e. The fourth-order valence-corrected chi connectivity index (χ4v) is 2.50. The first-order chi connectivity index (χ1) is 9.79. The normalized spacial score (nSPS) is 12.2. The van der Waals surface area contributed by atoms with E-state index in [4.69, 9.17) is 0 Å². The van der Waals surface area contributed by atoms with Gasteiger partial charge in [0.25, 0.3) is 5.78 Å². The highest BCUT2D eigenvalue weighted by molar-refractivity contribution is 6.02. The van der Waals surface area contributed by atoms with Crippen molar-refractivity contribution in [3.05, 3.63) is 17.0 Å². The molecule has 0 aliphatic carbocycles. The van der Waals surface area contributed by atoms with Gasteiger partial charge in [0.15, 0.2) is 0 Å². The predicted molar refractivity (Wildman–Crippen MR) is 75.4 cm³/mol. The van der Waals surface area contributed by atoms with Crippen LogP contribution < -0.4 is 0 Å². The van der Waals surface area contributed by atoms with Gasteiger partial charge in [-0.25, -0.2) is 0 Å². The van der Waals surface area contributed by atoms with Crippen LogP contribution in [0.3, 0.4) is 0 Å². The Morgan fingerprint density at radius 2 is 1.71 bits per heavy atom. The molecule has 1 rings (SSSR count). The molecule has 0 saturated carbocycles. The molecule has 1 heterocycles. The molecule has 0 saturated heterocycles. The van der Waals surface area contributed by atoms with Gasteiger partial charge in [-0.3, -0.25) is 9.48 Å². The van der Waals surface area contributed by atoms with E-state index in [0.29, 0.717) is 31.0 Å². The Hall–Kier alpha value is -1.33. The van der Waals surface area contributed by atoms with Crippen molar-refractivity contribution in [2.45, 2.75) is 66.1 Å². The highest BCUT2D eigenvalue weighted by atomic mass is 19.4. The van der Waals surface area contributed by atoms with Gasteiger partial charge in [0.05, 0.1) is 11.3 Å². The van der Waals surface area contributed by atoms with Gasteiger partial charge in [0.1, 0.15) is 0 Å². The Labute approximate surface area is 123 Å². The number of Topliss-reactive ketones (excluding diaryl/α,β-unsaturated/α-hetero) is 1. The molecule has 0 unspecified atom stereocenters. The van der Waals surface area contributed by atoms with E-state index in [1.807, 2.05) is 13.8 Å². The topological polar surface area (TPSA) is 34.9 Å². The van der Waals surface area contributed by atoms with Crippen molar-refractivity contribution in [2.24, 2.45) is 5.92 Å². The average Bonchev–Trinajstić information content (AvgIpc) is 2.79. The summed E-state index contributed by atoms with van der Waals surface area (Å²) in [7, 11) is 0. The molecule has 21 heavy (non-hydrogen) atoms. The number of ketones is 1. The van der Waals surface area contributed by atoms with Gasteiger partial charge in [0.2, 0.25) is 0 Å². The molecular weight excluding hydrogens is 281 g/mol. The average molecular weight is 304 g/mol. The maximum Gasteiger partial charge on any atom is 0.455 e. The third-order valence-electron chi connectivity index (χ3n) is 3.87. The van der Waals surface area contributed by atoms with Gasteiger partial charge in [-0.2, -0.15) is 18.3 Å². The standard InChI is InChI=1S/C15H23F3N2O/c1-5-10(6-2)9-20-12(8-4)13(11(7-3)19-20)14(21)15(16,17)18/h10H,5-9H2,1-4H3. The van der Waals surface area contributed by atoms with E-state index in [-0.39, 0.29) is 11.3 Å². The van der Waals surface area contributed by atoms with E-state index >= 15 is 0 Å². The highest BCUT2D eigenvalue weighted by Crippen LogP contribution is 2.27. The van der Waals surface area contributed by atoms with Crippen LogP contribution in [0.4, 0.5) is 13.2 Å². The summed E-state index contributed by atoms with van der Waals surface area (Å²) in [6, 6.07) is 0. The molecule has 0 spiro atoms. The summed E-state index contributed by atoms with van der Waals surface area (Å²) in [6.45, 7) is 8.13. The van der Waals surface area contributed by atoms with E-state index in [1.165, 1.54) is 0 Å². The van der Waals surface area contributed by atoms with Crippen LogP contribution >= 0.6 is 0 Å². The molecule has 0 N–H and O–H groups in total. The monoisotopic (exact) mass is 304 g/mol. The molecule has 0 aliphatic heterocycles. The Balaban J connectivity index is 3.31. The number of hydrogen-bond acceptors (Lipinski definition) is 2. The summed E-state index contributed by atoms with van der Waals surface area (Å²) in [5.74, 6) is -1.42. The number of hydrogen-bond donors (Lipinski definition) is 0. The molecule has 0 fully saturated rings. The van der Waals surface area contributed by atoms with Crippen molar-refractivity contribution in [1.29, 1.82) is 0 Å². The van der Waals surface area contributed by atoms with Crippen LogP contribution in [-0.4, -0.2) is 21.7 Å². The molecule has 0 atom stereocenters. The number of aromatic nitrogens is 2. The van der Waals surface area contributed by atoms with Crippen molar-refractivity contribution < 1.29 is 18.0 Å². The first-order valence-corrected chi connectivity index (χ1v) is 7.49. The molecule has 3 nitrogen and oxygen atoms in total. The number of carbonyl (C=O) groups excluding carboxylic acids is 1. The summed E-state index contributed by atoms with van der Waals surface area (Å²) in [5.41, 5.74) is 0.416. The minimum absolute atomic E-state index is 0.238. The molecule has 6 heteroatoms. The fourth-order valence-electron chi connectivity index (χ4n) is 2.50. The van der Waals surface area contributed by atoms with Crippen molar-refractivity contribution in [2.75, 3.05) is 0 Å². The van der Waals surface area contributed by atoms with E-state index in [0.717, 1.165) is 12.8 Å². The number of alkyl halides is 3. The quantitative estimate of drug-likeness (QED) is 0.708. The highest BCUT2D eigenvalue weighted by Gasteiger charge is 2.42. The second-order valence-electron chi connectivity index (χ2n) is 5.17. The summed E-state index contributed by atoms with van der Waals surface area (Å²) in [4.78, 5) is 11.7. The van der Waals surface area contributed by atoms with Gasteiger partial charge in [-0.15, -0.1) is 0 Å². The molecule has 0 amide bonds. The Morgan fingerprint density at radius 1 is 1.14 bits per heavy atom. The van der Waals surface area contributed by atoms with Crippen molar-refractivity contribution in [3.63, 3.8) is 0 Å². The maximum atomic E-state index is 12.8. The zero-order chi connectivity index (χ0) is 16.2. The number of nitrogens with zero attached hydrogens (tertiary/aromatic N) is 2. The Morgan fingerprint density at radius 3 is 2.10 bits per heavy atom. The van der Waals surface area contributed by atoms with Gasteiger partial charge in [-0.05, 0) is 18.8 Å². The lowest BCUT2D eigenvalue weighted by Gasteiger charge is -2.15. The lowest BCUT2D eigenvalue weighted by Crippen LogP contribution is -2.25. The molecule has 120 valence electrons. The number of rotatable bonds is 7. The van der Waals surface area contributed by atoms with Gasteiger partial charge in [0, 0.05) is 12.2 Å². The van der Waals surface area contributed by atoms with Crippen molar-refractivity contribution >= 4 is 5.78 Å². The van der Waals surface area contributed by atoms with Crippen LogP contribution in [0.2, 0.25) is 0 Å². The molecule has 1 aromatic heterocycles. The summed E-state index contributed by atoms with van der Waals surface area (Å²) >= 11 is 0. The number of halogens is 3. The molecule has 0 bridgehead atoms. The first-order valence-electron chi connectivity index (χ1n) is 7.49. The minimum Gasteiger partial charge on any atom is -0.284 e. The number of aryl methyl sites for hydroxylation is 1. The SMILES string of the molecule is CCc1nn(CC(CC)CC)c(CC)c1C(=O)C(F)(F)F. The fraction of sp³-hybridized carbons (Fsp3) is 0.733. The second-order valence-corrected chi connectivity index (χ2v) is 5.17. The molecule has 1 aromatic rings. The van der Waals surface area contributed by atoms with Crippen molar-refractivity contribution in [1.82, 2.24) is 9.78 Å². The predicted octanol–water partition coefficient (Wildman–Crippen LogP) is 4.19. The molecular formula is C15H23F3N2O. The van der Waals surface area contributed by atoms with Crippen LogP contribution in [0.25, 0.3) is 0 Å². The minimum atomic E-state index is -4.85. The van der Waals surface area contributed by atoms with Gasteiger partial charge < -0.3 is 0 Å². The smallest absolute Gasteiger partial charge is 0.284 e. The lowest BCUT2D eigenvalue weighted by atomic mass is 10.0. The van der Waals surface area contributed by atoms with E-state index < -0.39 is 12.0 Å². The Bertz CT molecular complexity index is 488.